The molecule has 0 saturated carbocycles. The van der Waals surface area contributed by atoms with Crippen LogP contribution in [0, 0.1) is 6.92 Å². The van der Waals surface area contributed by atoms with Gasteiger partial charge in [-0.15, -0.1) is 0 Å². The van der Waals surface area contributed by atoms with Gasteiger partial charge in [-0.3, -0.25) is 14.0 Å². The van der Waals surface area contributed by atoms with Crippen LogP contribution < -0.4 is 9.80 Å². The summed E-state index contributed by atoms with van der Waals surface area (Å²) in [4.78, 5) is 32.5. The van der Waals surface area contributed by atoms with Gasteiger partial charge in [0.15, 0.2) is 0 Å². The number of aryl methyl sites for hydroxylation is 3. The molecule has 3 heterocycles. The fraction of sp³-hybridized carbons (Fsp3) is 0.425. The lowest BCUT2D eigenvalue weighted by atomic mass is 9.99. The number of carbonyl (C=O) groups is 2. The van der Waals surface area contributed by atoms with Gasteiger partial charge in [0.05, 0.1) is 29.2 Å². The first-order valence-electron chi connectivity index (χ1n) is 17.6. The lowest BCUT2D eigenvalue weighted by molar-refractivity contribution is 0.0567. The number of ether oxygens (including phenoxy) is 2. The van der Waals surface area contributed by atoms with Crippen LogP contribution in [0.3, 0.4) is 0 Å². The minimum atomic E-state index is -3.83. The number of carbonyl (C=O) groups excluding carboxylic acids is 2. The average Bonchev–Trinajstić information content (AvgIpc) is 3.58. The molecule has 0 unspecified atom stereocenters. The molecule has 3 aromatic carbocycles. The zero-order chi connectivity index (χ0) is 37.7. The molecule has 0 radical (unpaired) electrons. The second-order valence-electron chi connectivity index (χ2n) is 15.2. The Labute approximate surface area is 307 Å². The molecule has 2 aliphatic rings. The molecular formula is C40H50N4O7S. The van der Waals surface area contributed by atoms with Crippen molar-refractivity contribution in [1.29, 1.82) is 0 Å². The van der Waals surface area contributed by atoms with E-state index in [0.717, 1.165) is 60.3 Å². The third-order valence-electron chi connectivity index (χ3n) is 8.37. The molecule has 12 heteroatoms. The maximum Gasteiger partial charge on any atom is 0.414 e. The predicted octanol–water partition coefficient (Wildman–Crippen LogP) is 8.21. The fourth-order valence-corrected chi connectivity index (χ4v) is 6.91. The molecule has 278 valence electrons. The van der Waals surface area contributed by atoms with E-state index in [9.17, 15) is 18.0 Å². The van der Waals surface area contributed by atoms with Crippen LogP contribution in [0.1, 0.15) is 82.2 Å². The van der Waals surface area contributed by atoms with Gasteiger partial charge in [-0.2, -0.15) is 8.42 Å². The van der Waals surface area contributed by atoms with Gasteiger partial charge in [-0.05, 0) is 121 Å². The van der Waals surface area contributed by atoms with E-state index < -0.39 is 21.3 Å². The van der Waals surface area contributed by atoms with Gasteiger partial charge in [0.2, 0.25) is 0 Å². The van der Waals surface area contributed by atoms with Crippen molar-refractivity contribution in [3.63, 3.8) is 0 Å². The van der Waals surface area contributed by atoms with Crippen LogP contribution in [0.25, 0.3) is 0 Å². The Kier molecular flexibility index (Phi) is 11.8. The summed E-state index contributed by atoms with van der Waals surface area (Å²) in [6.45, 7) is 15.1. The highest BCUT2D eigenvalue weighted by Crippen LogP contribution is 2.31. The highest BCUT2D eigenvalue weighted by Gasteiger charge is 2.29. The maximum atomic E-state index is 12.5. The van der Waals surface area contributed by atoms with Crippen LogP contribution in [0.5, 0.6) is 0 Å². The predicted molar refractivity (Wildman–Crippen MR) is 201 cm³/mol. The van der Waals surface area contributed by atoms with Crippen molar-refractivity contribution in [2.75, 3.05) is 22.9 Å². The second-order valence-corrected chi connectivity index (χ2v) is 16.8. The summed E-state index contributed by atoms with van der Waals surface area (Å²) in [6.07, 6.45) is 8.49. The van der Waals surface area contributed by atoms with E-state index in [1.807, 2.05) is 83.8 Å². The third-order valence-corrected chi connectivity index (χ3v) is 9.65. The van der Waals surface area contributed by atoms with Crippen LogP contribution in [0.15, 0.2) is 84.3 Å². The zero-order valence-corrected chi connectivity index (χ0v) is 32.0. The first-order valence-corrected chi connectivity index (χ1v) is 19.0. The smallest absolute Gasteiger partial charge is 0.414 e. The van der Waals surface area contributed by atoms with E-state index in [0.29, 0.717) is 13.1 Å². The van der Waals surface area contributed by atoms with E-state index in [1.54, 1.807) is 34.2 Å². The number of benzene rings is 3. The Morgan fingerprint density at radius 1 is 0.750 bits per heavy atom. The number of rotatable bonds is 6. The molecule has 2 amide bonds. The quantitative estimate of drug-likeness (QED) is 0.182. The SMILES string of the molecule is CC(C)(C)OC(=O)N1CCCc2cc(Cn3ccnc3)ccc21.Cc1ccc(S(=O)(=O)OCc2ccc3c(c2)CCCN3C(=O)OC(C)(C)C)cc1. The second kappa shape index (κ2) is 15.9. The van der Waals surface area contributed by atoms with Crippen LogP contribution in [-0.4, -0.2) is 54.4 Å². The van der Waals surface area contributed by atoms with Crippen LogP contribution in [0.4, 0.5) is 21.0 Å². The van der Waals surface area contributed by atoms with Gasteiger partial charge in [0.25, 0.3) is 10.1 Å². The van der Waals surface area contributed by atoms with Gasteiger partial charge in [0, 0.05) is 32.0 Å². The van der Waals surface area contributed by atoms with E-state index in [-0.39, 0.29) is 23.7 Å². The fourth-order valence-electron chi connectivity index (χ4n) is 6.01. The van der Waals surface area contributed by atoms with Crippen molar-refractivity contribution in [2.24, 2.45) is 0 Å². The molecule has 52 heavy (non-hydrogen) atoms. The molecule has 2 aliphatic heterocycles. The number of imidazole rings is 1. The lowest BCUT2D eigenvalue weighted by Crippen LogP contribution is -2.39. The molecule has 0 spiro atoms. The number of anilines is 2. The van der Waals surface area contributed by atoms with E-state index in [1.165, 1.54) is 23.3 Å². The molecule has 1 aromatic heterocycles. The van der Waals surface area contributed by atoms with E-state index in [4.69, 9.17) is 13.7 Å². The number of fused-ring (bicyclic) bond motifs is 2. The average molecular weight is 731 g/mol. The molecular weight excluding hydrogens is 681 g/mol. The van der Waals surface area contributed by atoms with Crippen LogP contribution in [0.2, 0.25) is 0 Å². The zero-order valence-electron chi connectivity index (χ0n) is 31.2. The number of hydrogen-bond donors (Lipinski definition) is 0. The summed E-state index contributed by atoms with van der Waals surface area (Å²) >= 11 is 0. The highest BCUT2D eigenvalue weighted by atomic mass is 32.2. The Bertz CT molecular complexity index is 1960. The summed E-state index contributed by atoms with van der Waals surface area (Å²) in [5.41, 5.74) is 5.86. The first-order chi connectivity index (χ1) is 24.5. The van der Waals surface area contributed by atoms with Crippen LogP contribution in [-0.2, 0) is 49.8 Å². The topological polar surface area (TPSA) is 120 Å². The van der Waals surface area contributed by atoms with E-state index >= 15 is 0 Å². The lowest BCUT2D eigenvalue weighted by Gasteiger charge is -2.32. The summed E-state index contributed by atoms with van der Waals surface area (Å²) < 4.78 is 43.1. The van der Waals surface area contributed by atoms with Gasteiger partial charge in [0.1, 0.15) is 11.2 Å². The minimum absolute atomic E-state index is 0.0596. The normalized spacial score (nSPS) is 14.4. The Balaban J connectivity index is 0.000000206. The first kappa shape index (κ1) is 38.5. The highest BCUT2D eigenvalue weighted by molar-refractivity contribution is 7.86. The summed E-state index contributed by atoms with van der Waals surface area (Å²) in [5.74, 6) is 0. The van der Waals surface area contributed by atoms with Gasteiger partial charge in [-0.1, -0.05) is 42.0 Å². The van der Waals surface area contributed by atoms with Gasteiger partial charge in [-0.25, -0.2) is 14.6 Å². The van der Waals surface area contributed by atoms with Crippen LogP contribution >= 0.6 is 0 Å². The molecule has 0 saturated heterocycles. The molecule has 0 N–H and O–H groups in total. The van der Waals surface area contributed by atoms with Crippen molar-refractivity contribution in [3.05, 3.63) is 107 Å². The Morgan fingerprint density at radius 2 is 1.27 bits per heavy atom. The van der Waals surface area contributed by atoms with E-state index in [2.05, 4.69) is 17.1 Å². The minimum Gasteiger partial charge on any atom is -0.443 e. The summed E-state index contributed by atoms with van der Waals surface area (Å²) in [5, 5.41) is 0. The molecule has 0 fully saturated rings. The van der Waals surface area contributed by atoms with Crippen molar-refractivity contribution >= 4 is 33.7 Å². The number of nitrogens with zero attached hydrogens (tertiary/aromatic N) is 4. The Hall–Kier alpha value is -4.68. The molecule has 0 aliphatic carbocycles. The monoisotopic (exact) mass is 730 g/mol. The molecule has 11 nitrogen and oxygen atoms in total. The molecule has 4 aromatic rings. The molecule has 6 rings (SSSR count). The third kappa shape index (κ3) is 10.4. The van der Waals surface area contributed by atoms with Crippen molar-refractivity contribution in [3.8, 4) is 0 Å². The van der Waals surface area contributed by atoms with Crippen molar-refractivity contribution in [1.82, 2.24) is 9.55 Å². The largest absolute Gasteiger partial charge is 0.443 e. The number of hydrogen-bond acceptors (Lipinski definition) is 8. The van der Waals surface area contributed by atoms with Gasteiger partial charge >= 0.3 is 12.2 Å². The number of amides is 2. The maximum absolute atomic E-state index is 12.5. The van der Waals surface area contributed by atoms with Crippen molar-refractivity contribution in [2.45, 2.75) is 103 Å². The van der Waals surface area contributed by atoms with Gasteiger partial charge < -0.3 is 14.0 Å². The Morgan fingerprint density at radius 3 is 1.77 bits per heavy atom. The standard InChI is InChI=1S/C22H27NO5S.C18H23N3O2/c1-16-7-10-19(11-8-16)29(25,26)27-15-17-9-12-20-18(14-17)6-5-13-23(20)21(24)28-22(2,3)4;1-18(2,3)23-17(22)21-9-4-5-15-11-14(6-7-16(15)21)12-20-10-8-19-13-20/h7-12,14H,5-6,13,15H2,1-4H3;6-8,10-11,13H,4-5,9,12H2,1-3H3. The molecule has 0 bridgehead atoms. The summed E-state index contributed by atoms with van der Waals surface area (Å²) in [7, 11) is -3.83. The van der Waals surface area contributed by atoms with Crippen molar-refractivity contribution < 1.29 is 31.7 Å². The summed E-state index contributed by atoms with van der Waals surface area (Å²) in [6, 6.07) is 18.4. The molecule has 0 atom stereocenters. The number of aromatic nitrogens is 2.